The number of carbonyl (C=O) groups is 1. The molecule has 30 heavy (non-hydrogen) atoms. The van der Waals surface area contributed by atoms with E-state index in [1.807, 2.05) is 11.9 Å². The average molecular weight is 436 g/mol. The molecule has 9 heteroatoms. The van der Waals surface area contributed by atoms with E-state index in [4.69, 9.17) is 16.7 Å². The van der Waals surface area contributed by atoms with Crippen molar-refractivity contribution in [2.45, 2.75) is 38.3 Å². The highest BCUT2D eigenvalue weighted by molar-refractivity contribution is 6.38. The van der Waals surface area contributed by atoms with Crippen LogP contribution in [-0.4, -0.2) is 42.0 Å². The number of nitrogens with one attached hydrogen (secondary N) is 1. The summed E-state index contributed by atoms with van der Waals surface area (Å²) in [6, 6.07) is 1.66. The first-order valence-corrected chi connectivity index (χ1v) is 10.5. The minimum absolute atomic E-state index is 0.0355. The number of rotatable bonds is 4. The van der Waals surface area contributed by atoms with Crippen molar-refractivity contribution in [3.8, 4) is 5.75 Å². The van der Waals surface area contributed by atoms with E-state index < -0.39 is 17.4 Å². The summed E-state index contributed by atoms with van der Waals surface area (Å²) in [5.74, 6) is -0.510. The van der Waals surface area contributed by atoms with Crippen molar-refractivity contribution in [2.75, 3.05) is 25.0 Å². The molecule has 2 aromatic rings. The molecule has 5 rings (SSSR count). The number of fused-ring (bicyclic) bond motifs is 2. The van der Waals surface area contributed by atoms with Crippen molar-refractivity contribution >= 4 is 34.3 Å². The van der Waals surface area contributed by atoms with Gasteiger partial charge in [-0.05, 0) is 43.7 Å². The number of carboxylic acid groups (broad SMARTS) is 1. The molecule has 1 aromatic heterocycles. The largest absolute Gasteiger partial charge is 0.511 e. The molecule has 0 unspecified atom stereocenters. The van der Waals surface area contributed by atoms with Gasteiger partial charge < -0.3 is 24.6 Å². The highest BCUT2D eigenvalue weighted by Gasteiger charge is 2.55. The Morgan fingerprint density at radius 2 is 2.17 bits per heavy atom. The summed E-state index contributed by atoms with van der Waals surface area (Å²) in [4.78, 5) is 25.8. The predicted molar refractivity (Wildman–Crippen MR) is 111 cm³/mol. The van der Waals surface area contributed by atoms with Gasteiger partial charge in [-0.3, -0.25) is 4.79 Å². The van der Waals surface area contributed by atoms with Gasteiger partial charge in [-0.2, -0.15) is 0 Å². The number of benzene rings is 1. The zero-order valence-electron chi connectivity index (χ0n) is 16.7. The van der Waals surface area contributed by atoms with Gasteiger partial charge in [0.05, 0.1) is 27.8 Å². The standard InChI is InChI=1S/C21H23ClFN3O4/c1-21-6-14(24-2)12(21)7-25(9-21)18-13(23)5-11-17(16(18)22)26(10-3-4-10)8-15(19(11)27)30-20(28)29/h5,8,10,12,14,24H,3-4,6-7,9H2,1-2H3,(H,28,29)/t12-,14-,21-/m0/s1. The predicted octanol–water partition coefficient (Wildman–Crippen LogP) is 3.62. The second kappa shape index (κ2) is 6.59. The van der Waals surface area contributed by atoms with Crippen LogP contribution in [0.2, 0.25) is 5.02 Å². The third kappa shape index (κ3) is 2.80. The van der Waals surface area contributed by atoms with Crippen LogP contribution in [0, 0.1) is 17.2 Å². The van der Waals surface area contributed by atoms with Crippen LogP contribution in [0.5, 0.6) is 5.75 Å². The third-order valence-electron chi connectivity index (χ3n) is 7.01. The summed E-state index contributed by atoms with van der Waals surface area (Å²) in [6.07, 6.45) is 2.58. The number of ether oxygens (including phenoxy) is 1. The lowest BCUT2D eigenvalue weighted by atomic mass is 9.60. The molecule has 0 spiro atoms. The number of nitrogens with zero attached hydrogens (tertiary/aromatic N) is 2. The molecule has 2 aliphatic carbocycles. The maximum absolute atomic E-state index is 15.3. The zero-order valence-corrected chi connectivity index (χ0v) is 17.5. The maximum Gasteiger partial charge on any atom is 0.511 e. The van der Waals surface area contributed by atoms with Crippen LogP contribution >= 0.6 is 11.6 Å². The highest BCUT2D eigenvalue weighted by atomic mass is 35.5. The van der Waals surface area contributed by atoms with Gasteiger partial charge in [-0.25, -0.2) is 9.18 Å². The van der Waals surface area contributed by atoms with E-state index in [1.165, 1.54) is 12.3 Å². The molecular formula is C21H23ClFN3O4. The van der Waals surface area contributed by atoms with Gasteiger partial charge in [-0.1, -0.05) is 18.5 Å². The lowest BCUT2D eigenvalue weighted by Gasteiger charge is -2.48. The quantitative estimate of drug-likeness (QED) is 0.714. The van der Waals surface area contributed by atoms with E-state index in [-0.39, 0.29) is 27.6 Å². The average Bonchev–Trinajstić information content (AvgIpc) is 3.47. The second-order valence-corrected chi connectivity index (χ2v) is 9.36. The fourth-order valence-electron chi connectivity index (χ4n) is 5.37. The zero-order chi connectivity index (χ0) is 21.4. The summed E-state index contributed by atoms with van der Waals surface area (Å²) in [5.41, 5.74) is 0.178. The summed E-state index contributed by atoms with van der Waals surface area (Å²) in [7, 11) is 1.95. The van der Waals surface area contributed by atoms with E-state index in [1.54, 1.807) is 4.57 Å². The molecule has 3 fully saturated rings. The molecule has 7 nitrogen and oxygen atoms in total. The number of anilines is 1. The molecule has 1 aliphatic heterocycles. The van der Waals surface area contributed by atoms with Gasteiger partial charge in [0.1, 0.15) is 5.82 Å². The molecule has 3 aliphatic rings. The van der Waals surface area contributed by atoms with Crippen LogP contribution in [0.1, 0.15) is 32.2 Å². The Kier molecular flexibility index (Phi) is 4.31. The Morgan fingerprint density at radius 3 is 2.80 bits per heavy atom. The van der Waals surface area contributed by atoms with Crippen LogP contribution in [0.4, 0.5) is 14.9 Å². The molecule has 0 amide bonds. The van der Waals surface area contributed by atoms with Crippen molar-refractivity contribution < 1.29 is 19.0 Å². The van der Waals surface area contributed by atoms with E-state index in [2.05, 4.69) is 17.0 Å². The fourth-order valence-corrected chi connectivity index (χ4v) is 5.78. The summed E-state index contributed by atoms with van der Waals surface area (Å²) in [6.45, 7) is 3.61. The Labute approximate surface area is 177 Å². The Bertz CT molecular complexity index is 1130. The highest BCUT2D eigenvalue weighted by Crippen LogP contribution is 2.54. The van der Waals surface area contributed by atoms with Gasteiger partial charge in [0.15, 0.2) is 5.75 Å². The lowest BCUT2D eigenvalue weighted by molar-refractivity contribution is 0.0577. The van der Waals surface area contributed by atoms with Crippen molar-refractivity contribution in [3.05, 3.63) is 33.3 Å². The molecule has 2 saturated carbocycles. The van der Waals surface area contributed by atoms with Crippen LogP contribution < -0.4 is 20.4 Å². The SMILES string of the molecule is CN[C@H]1C[C@@]2(C)CN(c3c(F)cc4c(=O)c(OC(=O)O)cn(C5CC5)c4c3Cl)C[C@@H]12. The number of pyridine rings is 1. The molecule has 2 heterocycles. The van der Waals surface area contributed by atoms with Crippen molar-refractivity contribution in [3.63, 3.8) is 0 Å². The van der Waals surface area contributed by atoms with Crippen LogP contribution in [0.3, 0.4) is 0 Å². The second-order valence-electron chi connectivity index (χ2n) is 8.99. The normalized spacial score (nSPS) is 27.8. The number of aromatic nitrogens is 1. The molecule has 160 valence electrons. The van der Waals surface area contributed by atoms with Gasteiger partial charge in [0, 0.05) is 25.2 Å². The first-order chi connectivity index (χ1) is 14.2. The fraction of sp³-hybridized carbons (Fsp3) is 0.524. The monoisotopic (exact) mass is 435 g/mol. The summed E-state index contributed by atoms with van der Waals surface area (Å²) >= 11 is 6.75. The van der Waals surface area contributed by atoms with Crippen LogP contribution in [0.25, 0.3) is 10.9 Å². The van der Waals surface area contributed by atoms with Crippen molar-refractivity contribution in [1.29, 1.82) is 0 Å². The number of hydrogen-bond donors (Lipinski definition) is 2. The van der Waals surface area contributed by atoms with Gasteiger partial charge >= 0.3 is 6.16 Å². The van der Waals surface area contributed by atoms with E-state index in [0.29, 0.717) is 36.3 Å². The van der Waals surface area contributed by atoms with E-state index in [9.17, 15) is 9.59 Å². The lowest BCUT2D eigenvalue weighted by Crippen LogP contribution is -2.54. The third-order valence-corrected chi connectivity index (χ3v) is 7.37. The molecule has 0 bridgehead atoms. The molecular weight excluding hydrogens is 413 g/mol. The molecule has 2 N–H and O–H groups in total. The summed E-state index contributed by atoms with van der Waals surface area (Å²) in [5, 5.41) is 12.5. The number of halogens is 2. The van der Waals surface area contributed by atoms with Crippen molar-refractivity contribution in [1.82, 2.24) is 9.88 Å². The molecule has 3 atom stereocenters. The smallest absolute Gasteiger partial charge is 0.449 e. The minimum atomic E-state index is -1.59. The first-order valence-electron chi connectivity index (χ1n) is 10.1. The van der Waals surface area contributed by atoms with Crippen LogP contribution in [-0.2, 0) is 0 Å². The van der Waals surface area contributed by atoms with E-state index >= 15 is 4.39 Å². The molecule has 1 saturated heterocycles. The van der Waals surface area contributed by atoms with E-state index in [0.717, 1.165) is 19.3 Å². The Hall–Kier alpha value is -2.32. The van der Waals surface area contributed by atoms with Crippen molar-refractivity contribution in [2.24, 2.45) is 11.3 Å². The summed E-state index contributed by atoms with van der Waals surface area (Å²) < 4.78 is 21.7. The van der Waals surface area contributed by atoms with Gasteiger partial charge in [0.2, 0.25) is 5.43 Å². The minimum Gasteiger partial charge on any atom is -0.449 e. The molecule has 0 radical (unpaired) electrons. The number of hydrogen-bond acceptors (Lipinski definition) is 5. The Balaban J connectivity index is 1.66. The maximum atomic E-state index is 15.3. The van der Waals surface area contributed by atoms with Crippen LogP contribution in [0.15, 0.2) is 17.1 Å². The van der Waals surface area contributed by atoms with Gasteiger partial charge in [-0.15, -0.1) is 0 Å². The topological polar surface area (TPSA) is 83.8 Å². The van der Waals surface area contributed by atoms with Gasteiger partial charge in [0.25, 0.3) is 0 Å². The first kappa shape index (κ1) is 19.6. The Morgan fingerprint density at radius 1 is 1.43 bits per heavy atom. The molecule has 1 aromatic carbocycles.